The Morgan fingerprint density at radius 1 is 1.24 bits per heavy atom. The van der Waals surface area contributed by atoms with Gasteiger partial charge < -0.3 is 14.7 Å². The normalized spacial score (nSPS) is 28.8. The van der Waals surface area contributed by atoms with Crippen molar-refractivity contribution >= 4 is 6.09 Å². The molecule has 2 fully saturated rings. The minimum absolute atomic E-state index is 0.175. The average molecular weight is 289 g/mol. The van der Waals surface area contributed by atoms with Gasteiger partial charge in [-0.3, -0.25) is 0 Å². The largest absolute Gasteiger partial charge is 0.445 e. The second-order valence-corrected chi connectivity index (χ2v) is 6.20. The topological polar surface area (TPSA) is 49.8 Å². The Morgan fingerprint density at radius 2 is 2.05 bits per heavy atom. The van der Waals surface area contributed by atoms with Crippen molar-refractivity contribution in [2.75, 3.05) is 13.1 Å². The Bertz CT molecular complexity index is 476. The first-order chi connectivity index (χ1) is 10.2. The number of fused-ring (bicyclic) bond motifs is 1. The number of likely N-dealkylation sites (tertiary alicyclic amines) is 1. The molecule has 21 heavy (non-hydrogen) atoms. The van der Waals surface area contributed by atoms with Crippen LogP contribution in [0.3, 0.4) is 0 Å². The van der Waals surface area contributed by atoms with Gasteiger partial charge in [0.25, 0.3) is 0 Å². The third-order valence-electron chi connectivity index (χ3n) is 4.83. The lowest BCUT2D eigenvalue weighted by molar-refractivity contribution is -0.0158. The number of rotatable bonds is 2. The summed E-state index contributed by atoms with van der Waals surface area (Å²) in [6, 6.07) is 9.74. The van der Waals surface area contributed by atoms with E-state index in [0.29, 0.717) is 25.0 Å². The predicted molar refractivity (Wildman–Crippen MR) is 79.7 cm³/mol. The van der Waals surface area contributed by atoms with Crippen LogP contribution in [0.2, 0.25) is 0 Å². The van der Waals surface area contributed by atoms with E-state index in [1.165, 1.54) is 0 Å². The molecule has 1 N–H and O–H groups in total. The number of benzene rings is 1. The van der Waals surface area contributed by atoms with Gasteiger partial charge in [0.2, 0.25) is 0 Å². The second kappa shape index (κ2) is 6.48. The molecule has 1 aromatic carbocycles. The summed E-state index contributed by atoms with van der Waals surface area (Å²) in [7, 11) is 0. The summed E-state index contributed by atoms with van der Waals surface area (Å²) in [6.45, 7) is 1.76. The maximum Gasteiger partial charge on any atom is 0.410 e. The van der Waals surface area contributed by atoms with Crippen molar-refractivity contribution in [3.8, 4) is 0 Å². The zero-order valence-electron chi connectivity index (χ0n) is 12.3. The van der Waals surface area contributed by atoms with E-state index in [2.05, 4.69) is 0 Å². The summed E-state index contributed by atoms with van der Waals surface area (Å²) in [5.41, 5.74) is 1.01. The lowest BCUT2D eigenvalue weighted by Gasteiger charge is -2.43. The van der Waals surface area contributed by atoms with Crippen LogP contribution in [-0.4, -0.2) is 35.3 Å². The molecule has 1 saturated carbocycles. The van der Waals surface area contributed by atoms with Crippen molar-refractivity contribution < 1.29 is 14.6 Å². The van der Waals surface area contributed by atoms with Crippen molar-refractivity contribution in [1.29, 1.82) is 0 Å². The van der Waals surface area contributed by atoms with Crippen LogP contribution in [0.25, 0.3) is 0 Å². The molecule has 0 bridgehead atoms. The molecule has 1 aliphatic heterocycles. The summed E-state index contributed by atoms with van der Waals surface area (Å²) in [5.74, 6) is 0.809. The highest BCUT2D eigenvalue weighted by atomic mass is 16.6. The lowest BCUT2D eigenvalue weighted by atomic mass is 9.73. The average Bonchev–Trinajstić information content (AvgIpc) is 2.53. The summed E-state index contributed by atoms with van der Waals surface area (Å²) in [5, 5.41) is 10.0. The van der Waals surface area contributed by atoms with Crippen LogP contribution in [0, 0.1) is 11.8 Å². The van der Waals surface area contributed by atoms with E-state index in [4.69, 9.17) is 4.74 Å². The van der Waals surface area contributed by atoms with E-state index >= 15 is 0 Å². The van der Waals surface area contributed by atoms with Crippen molar-refractivity contribution in [3.05, 3.63) is 35.9 Å². The van der Waals surface area contributed by atoms with E-state index in [0.717, 1.165) is 37.8 Å². The lowest BCUT2D eigenvalue weighted by Crippen LogP contribution is -2.48. The van der Waals surface area contributed by atoms with Gasteiger partial charge in [-0.15, -0.1) is 0 Å². The Labute approximate surface area is 125 Å². The molecule has 3 unspecified atom stereocenters. The van der Waals surface area contributed by atoms with Crippen LogP contribution >= 0.6 is 0 Å². The number of hydrogen-bond acceptors (Lipinski definition) is 3. The third kappa shape index (κ3) is 3.38. The molecule has 1 amide bonds. The van der Waals surface area contributed by atoms with E-state index < -0.39 is 0 Å². The number of aliphatic hydroxyl groups excluding tert-OH is 1. The fraction of sp³-hybridized carbons (Fsp3) is 0.588. The van der Waals surface area contributed by atoms with E-state index in [-0.39, 0.29) is 12.2 Å². The molecule has 1 heterocycles. The molecule has 0 radical (unpaired) electrons. The van der Waals surface area contributed by atoms with Gasteiger partial charge in [0.15, 0.2) is 0 Å². The first kappa shape index (κ1) is 14.4. The monoisotopic (exact) mass is 289 g/mol. The number of hydrogen-bond donors (Lipinski definition) is 1. The van der Waals surface area contributed by atoms with Crippen molar-refractivity contribution in [3.63, 3.8) is 0 Å². The molecule has 3 atom stereocenters. The summed E-state index contributed by atoms with van der Waals surface area (Å²) in [4.78, 5) is 14.0. The maximum atomic E-state index is 12.2. The van der Waals surface area contributed by atoms with Crippen LogP contribution in [0.4, 0.5) is 4.79 Å². The molecular weight excluding hydrogens is 266 g/mol. The number of amides is 1. The zero-order chi connectivity index (χ0) is 14.7. The smallest absolute Gasteiger partial charge is 0.410 e. The quantitative estimate of drug-likeness (QED) is 0.911. The molecule has 1 aromatic rings. The number of piperidine rings is 1. The van der Waals surface area contributed by atoms with Crippen LogP contribution in [-0.2, 0) is 11.3 Å². The first-order valence-electron chi connectivity index (χ1n) is 7.88. The fourth-order valence-electron chi connectivity index (χ4n) is 3.64. The Hall–Kier alpha value is -1.55. The maximum absolute atomic E-state index is 12.2. The van der Waals surface area contributed by atoms with E-state index in [1.807, 2.05) is 35.2 Å². The molecule has 2 aliphatic rings. The zero-order valence-corrected chi connectivity index (χ0v) is 12.3. The van der Waals surface area contributed by atoms with Gasteiger partial charge in [0, 0.05) is 13.1 Å². The van der Waals surface area contributed by atoms with Gasteiger partial charge in [-0.25, -0.2) is 4.79 Å². The molecule has 0 aromatic heterocycles. The number of nitrogens with zero attached hydrogens (tertiary/aromatic N) is 1. The summed E-state index contributed by atoms with van der Waals surface area (Å²) < 4.78 is 5.40. The van der Waals surface area contributed by atoms with Gasteiger partial charge in [0.1, 0.15) is 6.61 Å². The highest BCUT2D eigenvalue weighted by Gasteiger charge is 2.38. The number of carbonyl (C=O) groups is 1. The van der Waals surface area contributed by atoms with Gasteiger partial charge in [0.05, 0.1) is 6.10 Å². The fourth-order valence-corrected chi connectivity index (χ4v) is 3.64. The number of carbonyl (C=O) groups excluding carboxylic acids is 1. The van der Waals surface area contributed by atoms with Gasteiger partial charge >= 0.3 is 6.09 Å². The highest BCUT2D eigenvalue weighted by Crippen LogP contribution is 2.36. The van der Waals surface area contributed by atoms with E-state index in [1.54, 1.807) is 0 Å². The predicted octanol–water partition coefficient (Wildman–Crippen LogP) is 2.81. The standard InChI is InChI=1S/C17H23NO3/c19-16-8-4-7-14-11-18(10-9-15(14)16)17(20)21-12-13-5-2-1-3-6-13/h1-3,5-6,14-16,19H,4,7-12H2. The molecular formula is C17H23NO3. The molecule has 1 saturated heterocycles. The highest BCUT2D eigenvalue weighted by molar-refractivity contribution is 5.67. The van der Waals surface area contributed by atoms with Crippen LogP contribution < -0.4 is 0 Å². The Kier molecular flexibility index (Phi) is 4.44. The van der Waals surface area contributed by atoms with Gasteiger partial charge in [-0.2, -0.15) is 0 Å². The minimum atomic E-state index is -0.225. The van der Waals surface area contributed by atoms with Gasteiger partial charge in [-0.1, -0.05) is 36.8 Å². The van der Waals surface area contributed by atoms with Crippen molar-refractivity contribution in [2.45, 2.75) is 38.4 Å². The molecule has 114 valence electrons. The summed E-state index contributed by atoms with van der Waals surface area (Å²) >= 11 is 0. The van der Waals surface area contributed by atoms with Crippen LogP contribution in [0.1, 0.15) is 31.2 Å². The molecule has 4 nitrogen and oxygen atoms in total. The molecule has 1 aliphatic carbocycles. The third-order valence-corrected chi connectivity index (χ3v) is 4.83. The van der Waals surface area contributed by atoms with Gasteiger partial charge in [-0.05, 0) is 36.7 Å². The molecule has 3 rings (SSSR count). The summed E-state index contributed by atoms with van der Waals surface area (Å²) in [6.07, 6.45) is 3.59. The van der Waals surface area contributed by atoms with Crippen molar-refractivity contribution in [1.82, 2.24) is 4.90 Å². The Balaban J connectivity index is 1.52. The van der Waals surface area contributed by atoms with E-state index in [9.17, 15) is 9.90 Å². The van der Waals surface area contributed by atoms with Crippen LogP contribution in [0.15, 0.2) is 30.3 Å². The Morgan fingerprint density at radius 3 is 2.86 bits per heavy atom. The number of ether oxygens (including phenoxy) is 1. The SMILES string of the molecule is O=C(OCc1ccccc1)N1CCC2C(O)CCCC2C1. The molecule has 4 heteroatoms. The number of aliphatic hydroxyl groups is 1. The minimum Gasteiger partial charge on any atom is -0.445 e. The molecule has 0 spiro atoms. The van der Waals surface area contributed by atoms with Crippen LogP contribution in [0.5, 0.6) is 0 Å². The van der Waals surface area contributed by atoms with Crippen molar-refractivity contribution in [2.24, 2.45) is 11.8 Å². The second-order valence-electron chi connectivity index (χ2n) is 6.20. The first-order valence-corrected chi connectivity index (χ1v) is 7.88.